The second-order valence-electron chi connectivity index (χ2n) is 4.34. The largest absolute Gasteiger partial charge is 0.397 e. The quantitative estimate of drug-likeness (QED) is 0.853. The molecule has 3 N–H and O–H groups in total. The van der Waals surface area contributed by atoms with Gasteiger partial charge in [0.25, 0.3) is 5.91 Å². The lowest BCUT2D eigenvalue weighted by Gasteiger charge is -2.15. The van der Waals surface area contributed by atoms with E-state index in [0.717, 1.165) is 5.56 Å². The average molecular weight is 310 g/mol. The van der Waals surface area contributed by atoms with Crippen LogP contribution in [0.1, 0.15) is 28.9 Å². The fraction of sp³-hybridized carbons (Fsp3) is 0.143. The minimum Gasteiger partial charge on any atom is -0.397 e. The van der Waals surface area contributed by atoms with Crippen molar-refractivity contribution in [3.8, 4) is 0 Å². The number of carbonyl (C=O) groups is 1. The van der Waals surface area contributed by atoms with Crippen LogP contribution < -0.4 is 11.1 Å². The molecule has 1 unspecified atom stereocenters. The van der Waals surface area contributed by atoms with Gasteiger partial charge in [0.1, 0.15) is 5.15 Å². The Morgan fingerprint density at radius 3 is 2.60 bits per heavy atom. The second-order valence-corrected chi connectivity index (χ2v) is 5.16. The Hall–Kier alpha value is -1.78. The number of anilines is 1. The number of hydrogen-bond acceptors (Lipinski definition) is 3. The van der Waals surface area contributed by atoms with Crippen molar-refractivity contribution in [1.82, 2.24) is 10.3 Å². The number of nitrogens with two attached hydrogens (primary N) is 1. The van der Waals surface area contributed by atoms with Gasteiger partial charge in [0.15, 0.2) is 0 Å². The summed E-state index contributed by atoms with van der Waals surface area (Å²) in [7, 11) is 0. The van der Waals surface area contributed by atoms with Gasteiger partial charge >= 0.3 is 0 Å². The zero-order valence-corrected chi connectivity index (χ0v) is 12.2. The summed E-state index contributed by atoms with van der Waals surface area (Å²) in [6, 6.07) is 8.53. The predicted molar refractivity (Wildman–Crippen MR) is 81.0 cm³/mol. The monoisotopic (exact) mass is 309 g/mol. The maximum absolute atomic E-state index is 12.2. The summed E-state index contributed by atoms with van der Waals surface area (Å²) in [6.45, 7) is 1.88. The Morgan fingerprint density at radius 1 is 1.30 bits per heavy atom. The molecule has 1 heterocycles. The van der Waals surface area contributed by atoms with Crippen LogP contribution in [0.4, 0.5) is 5.69 Å². The van der Waals surface area contributed by atoms with Crippen LogP contribution >= 0.6 is 23.2 Å². The Balaban J connectivity index is 2.15. The highest BCUT2D eigenvalue weighted by Crippen LogP contribution is 2.19. The van der Waals surface area contributed by atoms with Gasteiger partial charge in [0.05, 0.1) is 23.5 Å². The van der Waals surface area contributed by atoms with Gasteiger partial charge in [-0.1, -0.05) is 35.3 Å². The van der Waals surface area contributed by atoms with Crippen molar-refractivity contribution < 1.29 is 4.79 Å². The van der Waals surface area contributed by atoms with Crippen LogP contribution in [-0.2, 0) is 0 Å². The molecule has 20 heavy (non-hydrogen) atoms. The Kier molecular flexibility index (Phi) is 4.47. The van der Waals surface area contributed by atoms with Crippen molar-refractivity contribution in [3.05, 3.63) is 57.8 Å². The minimum atomic E-state index is -0.297. The third-order valence-corrected chi connectivity index (χ3v) is 3.32. The molecule has 0 aliphatic heterocycles. The van der Waals surface area contributed by atoms with Gasteiger partial charge in [-0.2, -0.15) is 0 Å². The molecule has 0 fully saturated rings. The number of amides is 1. The number of nitrogen functional groups attached to an aromatic ring is 1. The highest BCUT2D eigenvalue weighted by molar-refractivity contribution is 6.30. The highest BCUT2D eigenvalue weighted by atomic mass is 35.5. The molecule has 1 amide bonds. The van der Waals surface area contributed by atoms with Gasteiger partial charge < -0.3 is 11.1 Å². The molecule has 1 aromatic carbocycles. The normalized spacial score (nSPS) is 11.9. The molecule has 4 nitrogen and oxygen atoms in total. The van der Waals surface area contributed by atoms with Gasteiger partial charge in [-0.25, -0.2) is 4.98 Å². The summed E-state index contributed by atoms with van der Waals surface area (Å²) < 4.78 is 0. The second kappa shape index (κ2) is 6.11. The number of halogens is 2. The summed E-state index contributed by atoms with van der Waals surface area (Å²) in [6.07, 6.45) is 1.37. The van der Waals surface area contributed by atoms with Crippen molar-refractivity contribution in [2.45, 2.75) is 13.0 Å². The molecule has 104 valence electrons. The lowest BCUT2D eigenvalue weighted by atomic mass is 10.1. The maximum atomic E-state index is 12.2. The summed E-state index contributed by atoms with van der Waals surface area (Å²) >= 11 is 11.6. The van der Waals surface area contributed by atoms with Crippen LogP contribution in [0, 0.1) is 0 Å². The first-order valence-electron chi connectivity index (χ1n) is 5.94. The number of aromatic nitrogens is 1. The summed E-state index contributed by atoms with van der Waals surface area (Å²) in [5.74, 6) is -0.297. The van der Waals surface area contributed by atoms with E-state index in [1.807, 2.05) is 19.1 Å². The van der Waals surface area contributed by atoms with Crippen molar-refractivity contribution in [1.29, 1.82) is 0 Å². The predicted octanol–water partition coefficient (Wildman–Crippen LogP) is 3.46. The van der Waals surface area contributed by atoms with E-state index in [1.165, 1.54) is 12.3 Å². The molecule has 0 saturated heterocycles. The van der Waals surface area contributed by atoms with Crippen LogP contribution in [0.25, 0.3) is 0 Å². The topological polar surface area (TPSA) is 68.0 Å². The van der Waals surface area contributed by atoms with Crippen LogP contribution in [0.5, 0.6) is 0 Å². The SMILES string of the molecule is CC(NC(=O)c1cc(Cl)ncc1N)c1ccc(Cl)cc1. The molecular weight excluding hydrogens is 297 g/mol. The average Bonchev–Trinajstić information content (AvgIpc) is 2.42. The zero-order chi connectivity index (χ0) is 14.7. The molecule has 0 spiro atoms. The Labute approximate surface area is 126 Å². The summed E-state index contributed by atoms with van der Waals surface area (Å²) in [5.41, 5.74) is 7.27. The van der Waals surface area contributed by atoms with E-state index in [9.17, 15) is 4.79 Å². The van der Waals surface area contributed by atoms with Gasteiger partial charge in [-0.05, 0) is 30.7 Å². The molecule has 0 radical (unpaired) electrons. The van der Waals surface area contributed by atoms with E-state index < -0.39 is 0 Å². The highest BCUT2D eigenvalue weighted by Gasteiger charge is 2.14. The van der Waals surface area contributed by atoms with Gasteiger partial charge in [-0.15, -0.1) is 0 Å². The molecule has 0 saturated carbocycles. The molecule has 2 aromatic rings. The Bertz CT molecular complexity index is 629. The lowest BCUT2D eigenvalue weighted by molar-refractivity contribution is 0.0940. The Morgan fingerprint density at radius 2 is 1.95 bits per heavy atom. The number of hydrogen-bond donors (Lipinski definition) is 2. The third kappa shape index (κ3) is 3.40. The van der Waals surface area contributed by atoms with E-state index in [0.29, 0.717) is 10.6 Å². The first kappa shape index (κ1) is 14.6. The van der Waals surface area contributed by atoms with E-state index in [1.54, 1.807) is 12.1 Å². The van der Waals surface area contributed by atoms with Gasteiger partial charge in [-0.3, -0.25) is 4.79 Å². The smallest absolute Gasteiger partial charge is 0.254 e. The van der Waals surface area contributed by atoms with Crippen LogP contribution in [-0.4, -0.2) is 10.9 Å². The first-order chi connectivity index (χ1) is 9.47. The molecular formula is C14H13Cl2N3O. The lowest BCUT2D eigenvalue weighted by Crippen LogP contribution is -2.27. The van der Waals surface area contributed by atoms with E-state index in [-0.39, 0.29) is 22.8 Å². The van der Waals surface area contributed by atoms with E-state index >= 15 is 0 Å². The summed E-state index contributed by atoms with van der Waals surface area (Å²) in [4.78, 5) is 16.0. The molecule has 0 aliphatic rings. The number of rotatable bonds is 3. The fourth-order valence-electron chi connectivity index (χ4n) is 1.75. The standard InChI is InChI=1S/C14H13Cl2N3O/c1-8(9-2-4-10(15)5-3-9)19-14(20)11-6-13(16)18-7-12(11)17/h2-8H,17H2,1H3,(H,19,20). The number of nitrogens with zero attached hydrogens (tertiary/aromatic N) is 1. The number of benzene rings is 1. The van der Waals surface area contributed by atoms with E-state index in [4.69, 9.17) is 28.9 Å². The number of pyridine rings is 1. The third-order valence-electron chi connectivity index (χ3n) is 2.86. The van der Waals surface area contributed by atoms with Crippen LogP contribution in [0.2, 0.25) is 10.2 Å². The van der Waals surface area contributed by atoms with Crippen molar-refractivity contribution in [2.75, 3.05) is 5.73 Å². The maximum Gasteiger partial charge on any atom is 0.254 e. The molecule has 0 aliphatic carbocycles. The number of nitrogens with one attached hydrogen (secondary N) is 1. The van der Waals surface area contributed by atoms with E-state index in [2.05, 4.69) is 10.3 Å². The fourth-order valence-corrected chi connectivity index (χ4v) is 2.03. The zero-order valence-electron chi connectivity index (χ0n) is 10.7. The van der Waals surface area contributed by atoms with Crippen LogP contribution in [0.15, 0.2) is 36.5 Å². The number of carbonyl (C=O) groups excluding carboxylic acids is 1. The summed E-state index contributed by atoms with van der Waals surface area (Å²) in [5, 5.41) is 3.73. The first-order valence-corrected chi connectivity index (χ1v) is 6.70. The van der Waals surface area contributed by atoms with Crippen molar-refractivity contribution >= 4 is 34.8 Å². The minimum absolute atomic E-state index is 0.175. The van der Waals surface area contributed by atoms with Gasteiger partial charge in [0, 0.05) is 5.02 Å². The molecule has 1 atom stereocenters. The van der Waals surface area contributed by atoms with Crippen molar-refractivity contribution in [2.24, 2.45) is 0 Å². The molecule has 6 heteroatoms. The molecule has 0 bridgehead atoms. The molecule has 2 rings (SSSR count). The van der Waals surface area contributed by atoms with Crippen molar-refractivity contribution in [3.63, 3.8) is 0 Å². The van der Waals surface area contributed by atoms with Gasteiger partial charge in [0.2, 0.25) is 0 Å². The molecule has 1 aromatic heterocycles. The van der Waals surface area contributed by atoms with Crippen LogP contribution in [0.3, 0.4) is 0 Å².